The lowest BCUT2D eigenvalue weighted by atomic mass is 9.92. The molecule has 2 nitrogen and oxygen atoms in total. The van der Waals surface area contributed by atoms with E-state index in [1.54, 1.807) is 22.7 Å². The smallest absolute Gasteiger partial charge is 0.208 e. The standard InChI is InChI=1S/C12H13NOS2/c1-2-12(13-9-14,10-5-3-7-15-10)11-6-4-8-16-11/h3-9H,2H2,1H3,(H,13,14). The fourth-order valence-corrected chi connectivity index (χ4v) is 3.87. The molecule has 0 unspecified atom stereocenters. The van der Waals surface area contributed by atoms with Crippen molar-refractivity contribution in [2.45, 2.75) is 18.9 Å². The van der Waals surface area contributed by atoms with E-state index in [4.69, 9.17) is 0 Å². The van der Waals surface area contributed by atoms with Crippen molar-refractivity contribution in [2.75, 3.05) is 0 Å². The molecule has 2 aromatic heterocycles. The van der Waals surface area contributed by atoms with Crippen LogP contribution in [-0.2, 0) is 10.3 Å². The highest BCUT2D eigenvalue weighted by molar-refractivity contribution is 7.11. The predicted octanol–water partition coefficient (Wildman–Crippen LogP) is 3.21. The molecule has 2 heterocycles. The van der Waals surface area contributed by atoms with E-state index in [-0.39, 0.29) is 5.54 Å². The molecular weight excluding hydrogens is 238 g/mol. The van der Waals surface area contributed by atoms with Crippen LogP contribution in [0.5, 0.6) is 0 Å². The first-order valence-electron chi connectivity index (χ1n) is 5.13. The minimum absolute atomic E-state index is 0.343. The molecule has 2 aromatic rings. The topological polar surface area (TPSA) is 29.1 Å². The summed E-state index contributed by atoms with van der Waals surface area (Å²) in [5, 5.41) is 7.07. The third-order valence-corrected chi connectivity index (χ3v) is 4.78. The van der Waals surface area contributed by atoms with Crippen LogP contribution in [0.1, 0.15) is 23.1 Å². The molecule has 4 heteroatoms. The molecule has 2 rings (SSSR count). The van der Waals surface area contributed by atoms with Gasteiger partial charge in [0, 0.05) is 9.75 Å². The van der Waals surface area contributed by atoms with Crippen molar-refractivity contribution in [3.63, 3.8) is 0 Å². The number of nitrogens with one attached hydrogen (secondary N) is 1. The number of hydrogen-bond acceptors (Lipinski definition) is 3. The first kappa shape index (κ1) is 11.4. The fraction of sp³-hybridized carbons (Fsp3) is 0.250. The van der Waals surface area contributed by atoms with Gasteiger partial charge in [-0.15, -0.1) is 22.7 Å². The monoisotopic (exact) mass is 251 g/mol. The number of amides is 1. The average Bonchev–Trinajstić information content (AvgIpc) is 2.98. The maximum absolute atomic E-state index is 10.9. The third kappa shape index (κ3) is 1.79. The van der Waals surface area contributed by atoms with Gasteiger partial charge in [0.2, 0.25) is 6.41 Å². The molecule has 0 aliphatic heterocycles. The second-order valence-electron chi connectivity index (χ2n) is 3.48. The molecule has 16 heavy (non-hydrogen) atoms. The van der Waals surface area contributed by atoms with Gasteiger partial charge in [-0.3, -0.25) is 4.79 Å². The predicted molar refractivity (Wildman–Crippen MR) is 68.9 cm³/mol. The number of carbonyl (C=O) groups is 1. The van der Waals surface area contributed by atoms with Crippen LogP contribution in [0.3, 0.4) is 0 Å². The fourth-order valence-electron chi connectivity index (χ4n) is 1.86. The summed E-state index contributed by atoms with van der Waals surface area (Å²) >= 11 is 3.36. The van der Waals surface area contributed by atoms with Crippen LogP contribution >= 0.6 is 22.7 Å². The van der Waals surface area contributed by atoms with E-state index in [0.29, 0.717) is 0 Å². The van der Waals surface area contributed by atoms with E-state index >= 15 is 0 Å². The molecule has 0 atom stereocenters. The molecule has 1 N–H and O–H groups in total. The first-order valence-corrected chi connectivity index (χ1v) is 6.88. The largest absolute Gasteiger partial charge is 0.343 e. The average molecular weight is 251 g/mol. The van der Waals surface area contributed by atoms with Crippen molar-refractivity contribution in [2.24, 2.45) is 0 Å². The van der Waals surface area contributed by atoms with Crippen molar-refractivity contribution in [3.8, 4) is 0 Å². The molecule has 0 radical (unpaired) electrons. The van der Waals surface area contributed by atoms with Gasteiger partial charge >= 0.3 is 0 Å². The highest BCUT2D eigenvalue weighted by Gasteiger charge is 2.33. The molecule has 0 spiro atoms. The van der Waals surface area contributed by atoms with E-state index in [1.807, 2.05) is 22.9 Å². The van der Waals surface area contributed by atoms with Crippen molar-refractivity contribution in [1.82, 2.24) is 5.32 Å². The molecular formula is C12H13NOS2. The number of thiophene rings is 2. The summed E-state index contributed by atoms with van der Waals surface area (Å²) in [4.78, 5) is 13.2. The van der Waals surface area contributed by atoms with Crippen molar-refractivity contribution < 1.29 is 4.79 Å². The lowest BCUT2D eigenvalue weighted by Crippen LogP contribution is -2.40. The van der Waals surface area contributed by atoms with Crippen LogP contribution < -0.4 is 5.32 Å². The molecule has 0 saturated heterocycles. The van der Waals surface area contributed by atoms with E-state index in [0.717, 1.165) is 12.8 Å². The number of rotatable bonds is 5. The van der Waals surface area contributed by atoms with Gasteiger partial charge in [-0.05, 0) is 29.3 Å². The van der Waals surface area contributed by atoms with Crippen LogP contribution in [0.2, 0.25) is 0 Å². The lowest BCUT2D eigenvalue weighted by Gasteiger charge is -2.30. The molecule has 0 aliphatic carbocycles. The van der Waals surface area contributed by atoms with Gasteiger partial charge in [-0.2, -0.15) is 0 Å². The Hall–Kier alpha value is -1.13. The third-order valence-electron chi connectivity index (χ3n) is 2.72. The van der Waals surface area contributed by atoms with Crippen LogP contribution in [0.25, 0.3) is 0 Å². The molecule has 0 aliphatic rings. The molecule has 1 amide bonds. The minimum atomic E-state index is -0.343. The van der Waals surface area contributed by atoms with Crippen molar-refractivity contribution in [3.05, 3.63) is 44.8 Å². The molecule has 84 valence electrons. The zero-order chi connectivity index (χ0) is 11.4. The van der Waals surface area contributed by atoms with Gasteiger partial charge < -0.3 is 5.32 Å². The summed E-state index contributed by atoms with van der Waals surface area (Å²) in [6.45, 7) is 2.09. The Labute approximate surface area is 103 Å². The Bertz CT molecular complexity index is 399. The summed E-state index contributed by atoms with van der Waals surface area (Å²) in [5.74, 6) is 0. The SMILES string of the molecule is CCC(NC=O)(c1cccs1)c1cccs1. The van der Waals surface area contributed by atoms with E-state index in [2.05, 4.69) is 24.4 Å². The number of carbonyl (C=O) groups excluding carboxylic acids is 1. The van der Waals surface area contributed by atoms with E-state index < -0.39 is 0 Å². The minimum Gasteiger partial charge on any atom is -0.343 e. The van der Waals surface area contributed by atoms with E-state index in [1.165, 1.54) is 9.75 Å². The highest BCUT2D eigenvalue weighted by Crippen LogP contribution is 2.37. The number of hydrogen-bond donors (Lipinski definition) is 1. The Morgan fingerprint density at radius 1 is 1.25 bits per heavy atom. The second-order valence-corrected chi connectivity index (χ2v) is 5.37. The summed E-state index contributed by atoms with van der Waals surface area (Å²) in [5.41, 5.74) is -0.343. The van der Waals surface area contributed by atoms with E-state index in [9.17, 15) is 4.79 Å². The zero-order valence-electron chi connectivity index (χ0n) is 8.97. The molecule has 0 bridgehead atoms. The van der Waals surface area contributed by atoms with Gasteiger partial charge in [0.05, 0.1) is 0 Å². The van der Waals surface area contributed by atoms with Gasteiger partial charge in [-0.25, -0.2) is 0 Å². The summed E-state index contributed by atoms with van der Waals surface area (Å²) in [6, 6.07) is 8.18. The quantitative estimate of drug-likeness (QED) is 0.812. The summed E-state index contributed by atoms with van der Waals surface area (Å²) in [6.07, 6.45) is 1.65. The van der Waals surface area contributed by atoms with Gasteiger partial charge in [0.15, 0.2) is 0 Å². The van der Waals surface area contributed by atoms with Crippen LogP contribution in [0.4, 0.5) is 0 Å². The van der Waals surface area contributed by atoms with Crippen molar-refractivity contribution in [1.29, 1.82) is 0 Å². The Morgan fingerprint density at radius 3 is 2.12 bits per heavy atom. The van der Waals surface area contributed by atoms with Gasteiger partial charge in [-0.1, -0.05) is 19.1 Å². The summed E-state index contributed by atoms with van der Waals surface area (Å²) in [7, 11) is 0. The van der Waals surface area contributed by atoms with Crippen LogP contribution in [-0.4, -0.2) is 6.41 Å². The molecule has 0 aromatic carbocycles. The molecule has 0 fully saturated rings. The van der Waals surface area contributed by atoms with Crippen LogP contribution in [0, 0.1) is 0 Å². The lowest BCUT2D eigenvalue weighted by molar-refractivity contribution is -0.110. The Morgan fingerprint density at radius 2 is 1.81 bits per heavy atom. The first-order chi connectivity index (χ1) is 7.83. The van der Waals surface area contributed by atoms with Gasteiger partial charge in [0.1, 0.15) is 5.54 Å². The summed E-state index contributed by atoms with van der Waals surface area (Å²) < 4.78 is 0. The second kappa shape index (κ2) is 4.80. The zero-order valence-corrected chi connectivity index (χ0v) is 10.6. The molecule has 0 saturated carbocycles. The van der Waals surface area contributed by atoms with Crippen molar-refractivity contribution >= 4 is 29.1 Å². The van der Waals surface area contributed by atoms with Crippen LogP contribution in [0.15, 0.2) is 35.0 Å². The highest BCUT2D eigenvalue weighted by atomic mass is 32.1. The maximum Gasteiger partial charge on any atom is 0.208 e. The Kier molecular flexibility index (Phi) is 3.41. The maximum atomic E-state index is 10.9. The normalized spacial score (nSPS) is 11.3. The van der Waals surface area contributed by atoms with Gasteiger partial charge in [0.25, 0.3) is 0 Å². The Balaban J connectivity index is 2.51.